The number of hydrogen-bond acceptors (Lipinski definition) is 5. The summed E-state index contributed by atoms with van der Waals surface area (Å²) in [6, 6.07) is 20.4. The van der Waals surface area contributed by atoms with E-state index in [1.54, 1.807) is 0 Å². The van der Waals surface area contributed by atoms with Crippen LogP contribution in [0, 0.1) is 18.3 Å². The van der Waals surface area contributed by atoms with Gasteiger partial charge in [0.15, 0.2) is 11.0 Å². The van der Waals surface area contributed by atoms with E-state index in [-0.39, 0.29) is 5.91 Å². The summed E-state index contributed by atoms with van der Waals surface area (Å²) in [6.45, 7) is 3.90. The molecule has 1 heterocycles. The van der Waals surface area contributed by atoms with Gasteiger partial charge in [-0.15, -0.1) is 10.2 Å². The summed E-state index contributed by atoms with van der Waals surface area (Å²) >= 11 is 1.36. The van der Waals surface area contributed by atoms with Crippen molar-refractivity contribution in [2.45, 2.75) is 61.9 Å². The van der Waals surface area contributed by atoms with Gasteiger partial charge in [-0.1, -0.05) is 79.1 Å². The number of hydrogen-bond donors (Lipinski definition) is 1. The molecule has 2 aromatic carbocycles. The third-order valence-corrected chi connectivity index (χ3v) is 6.94. The predicted molar refractivity (Wildman–Crippen MR) is 126 cm³/mol. The molecule has 1 aliphatic carbocycles. The second kappa shape index (κ2) is 9.58. The molecule has 1 aliphatic rings. The third kappa shape index (κ3) is 4.71. The van der Waals surface area contributed by atoms with Gasteiger partial charge in [0.2, 0.25) is 5.91 Å². The molecular formula is C25H27N5OS. The molecule has 0 radical (unpaired) electrons. The molecule has 0 saturated heterocycles. The van der Waals surface area contributed by atoms with E-state index >= 15 is 0 Å². The number of thioether (sulfide) groups is 1. The van der Waals surface area contributed by atoms with Crippen LogP contribution in [-0.2, 0) is 4.79 Å². The van der Waals surface area contributed by atoms with Crippen LogP contribution in [0.3, 0.4) is 0 Å². The normalized spacial score (nSPS) is 16.2. The molecular weight excluding hydrogens is 418 g/mol. The lowest BCUT2D eigenvalue weighted by molar-refractivity contribution is -0.121. The van der Waals surface area contributed by atoms with Gasteiger partial charge in [0.05, 0.1) is 11.3 Å². The molecule has 1 saturated carbocycles. The Morgan fingerprint density at radius 1 is 1.09 bits per heavy atom. The number of nitrogens with zero attached hydrogens (tertiary/aromatic N) is 4. The monoisotopic (exact) mass is 445 g/mol. The van der Waals surface area contributed by atoms with Crippen molar-refractivity contribution in [2.75, 3.05) is 0 Å². The van der Waals surface area contributed by atoms with Crippen LogP contribution in [0.15, 0.2) is 59.8 Å². The highest BCUT2D eigenvalue weighted by Gasteiger charge is 2.35. The molecule has 1 unspecified atom stereocenters. The van der Waals surface area contributed by atoms with E-state index in [2.05, 4.69) is 33.7 Å². The summed E-state index contributed by atoms with van der Waals surface area (Å²) in [5, 5.41) is 21.8. The van der Waals surface area contributed by atoms with Gasteiger partial charge in [-0.05, 0) is 38.8 Å². The van der Waals surface area contributed by atoms with Crippen molar-refractivity contribution < 1.29 is 4.79 Å². The number of rotatable bonds is 6. The summed E-state index contributed by atoms with van der Waals surface area (Å²) in [6.07, 6.45) is 4.48. The number of aromatic nitrogens is 3. The fourth-order valence-corrected chi connectivity index (χ4v) is 4.88. The number of carbonyl (C=O) groups is 1. The summed E-state index contributed by atoms with van der Waals surface area (Å²) < 4.78 is 1.99. The summed E-state index contributed by atoms with van der Waals surface area (Å²) in [4.78, 5) is 13.0. The van der Waals surface area contributed by atoms with Gasteiger partial charge in [0.1, 0.15) is 5.54 Å². The van der Waals surface area contributed by atoms with Gasteiger partial charge in [-0.3, -0.25) is 9.36 Å². The van der Waals surface area contributed by atoms with Crippen LogP contribution in [0.2, 0.25) is 0 Å². The Balaban J connectivity index is 1.62. The van der Waals surface area contributed by atoms with Crippen LogP contribution in [0.5, 0.6) is 0 Å². The fraction of sp³-hybridized carbons (Fsp3) is 0.360. The minimum absolute atomic E-state index is 0.141. The number of aryl methyl sites for hydroxylation is 1. The van der Waals surface area contributed by atoms with Crippen LogP contribution >= 0.6 is 11.8 Å². The zero-order chi connectivity index (χ0) is 22.6. The quantitative estimate of drug-likeness (QED) is 0.536. The third-order valence-electron chi connectivity index (χ3n) is 5.89. The van der Waals surface area contributed by atoms with Crippen molar-refractivity contribution in [3.8, 4) is 23.1 Å². The van der Waals surface area contributed by atoms with Crippen LogP contribution in [0.1, 0.15) is 44.6 Å². The van der Waals surface area contributed by atoms with E-state index in [0.717, 1.165) is 36.3 Å². The molecule has 4 rings (SSSR count). The van der Waals surface area contributed by atoms with Gasteiger partial charge < -0.3 is 5.32 Å². The number of nitriles is 1. The van der Waals surface area contributed by atoms with Crippen LogP contribution in [0.4, 0.5) is 0 Å². The van der Waals surface area contributed by atoms with Crippen molar-refractivity contribution in [3.63, 3.8) is 0 Å². The minimum Gasteiger partial charge on any atom is -0.337 e. The maximum atomic E-state index is 13.0. The minimum atomic E-state index is -0.746. The Morgan fingerprint density at radius 2 is 1.78 bits per heavy atom. The van der Waals surface area contributed by atoms with Gasteiger partial charge in [0.25, 0.3) is 0 Å². The number of benzene rings is 2. The van der Waals surface area contributed by atoms with E-state index < -0.39 is 10.8 Å². The molecule has 7 heteroatoms. The van der Waals surface area contributed by atoms with E-state index in [1.807, 2.05) is 60.9 Å². The first-order valence-corrected chi connectivity index (χ1v) is 11.9. The van der Waals surface area contributed by atoms with Gasteiger partial charge in [-0.25, -0.2) is 0 Å². The maximum absolute atomic E-state index is 13.0. The summed E-state index contributed by atoms with van der Waals surface area (Å²) in [5.41, 5.74) is 2.31. The molecule has 1 amide bonds. The lowest BCUT2D eigenvalue weighted by Crippen LogP contribution is -2.50. The Kier molecular flexibility index (Phi) is 6.61. The van der Waals surface area contributed by atoms with E-state index in [1.165, 1.54) is 17.3 Å². The average Bonchev–Trinajstić information content (AvgIpc) is 3.24. The van der Waals surface area contributed by atoms with Gasteiger partial charge in [0, 0.05) is 11.3 Å². The van der Waals surface area contributed by atoms with Crippen LogP contribution < -0.4 is 5.32 Å². The standard InChI is InChI=1S/C25H27N5OS/c1-18-11-13-21(14-12-18)30-22(20-9-5-3-6-10-20)28-29-24(30)32-19(2)23(31)27-25(17-26)15-7-4-8-16-25/h3,5-6,9-14,19H,4,7-8,15-16H2,1-2H3,(H,27,31). The molecule has 3 aromatic rings. The SMILES string of the molecule is Cc1ccc(-n2c(SC(C)C(=O)NC3(C#N)CCCCC3)nnc2-c2ccccc2)cc1. The Labute approximate surface area is 193 Å². The first-order valence-electron chi connectivity index (χ1n) is 11.0. The molecule has 32 heavy (non-hydrogen) atoms. The predicted octanol–water partition coefficient (Wildman–Crippen LogP) is 5.07. The smallest absolute Gasteiger partial charge is 0.234 e. The number of amides is 1. The Bertz CT molecular complexity index is 1110. The summed E-state index contributed by atoms with van der Waals surface area (Å²) in [5.74, 6) is 0.587. The lowest BCUT2D eigenvalue weighted by atomic mass is 9.83. The Hall–Kier alpha value is -3.11. The molecule has 1 atom stereocenters. The molecule has 1 aromatic heterocycles. The first-order chi connectivity index (χ1) is 15.5. The lowest BCUT2D eigenvalue weighted by Gasteiger charge is -2.32. The van der Waals surface area contributed by atoms with Crippen molar-refractivity contribution in [1.82, 2.24) is 20.1 Å². The molecule has 1 fully saturated rings. The summed E-state index contributed by atoms with van der Waals surface area (Å²) in [7, 11) is 0. The first kappa shape index (κ1) is 22.1. The second-order valence-corrected chi connectivity index (χ2v) is 9.66. The highest BCUT2D eigenvalue weighted by molar-refractivity contribution is 8.00. The van der Waals surface area contributed by atoms with Crippen molar-refractivity contribution in [2.24, 2.45) is 0 Å². The molecule has 0 aliphatic heterocycles. The fourth-order valence-electron chi connectivity index (χ4n) is 4.02. The van der Waals surface area contributed by atoms with E-state index in [4.69, 9.17) is 0 Å². The zero-order valence-corrected chi connectivity index (χ0v) is 19.2. The second-order valence-electron chi connectivity index (χ2n) is 8.35. The molecule has 0 bridgehead atoms. The van der Waals surface area contributed by atoms with E-state index in [9.17, 15) is 10.1 Å². The largest absolute Gasteiger partial charge is 0.337 e. The van der Waals surface area contributed by atoms with Crippen molar-refractivity contribution in [3.05, 3.63) is 60.2 Å². The number of nitrogens with one attached hydrogen (secondary N) is 1. The maximum Gasteiger partial charge on any atom is 0.234 e. The van der Waals surface area contributed by atoms with E-state index in [0.29, 0.717) is 18.0 Å². The van der Waals surface area contributed by atoms with Crippen LogP contribution in [0.25, 0.3) is 17.1 Å². The molecule has 0 spiro atoms. The average molecular weight is 446 g/mol. The highest BCUT2D eigenvalue weighted by Crippen LogP contribution is 2.32. The topological polar surface area (TPSA) is 83.6 Å². The van der Waals surface area contributed by atoms with Gasteiger partial charge >= 0.3 is 0 Å². The number of carbonyl (C=O) groups excluding carboxylic acids is 1. The molecule has 1 N–H and O–H groups in total. The molecule has 164 valence electrons. The van der Waals surface area contributed by atoms with Crippen molar-refractivity contribution in [1.29, 1.82) is 5.26 Å². The Morgan fingerprint density at radius 3 is 2.44 bits per heavy atom. The molecule has 6 nitrogen and oxygen atoms in total. The van der Waals surface area contributed by atoms with Crippen LogP contribution in [-0.4, -0.2) is 31.5 Å². The van der Waals surface area contributed by atoms with Crippen molar-refractivity contribution >= 4 is 17.7 Å². The van der Waals surface area contributed by atoms with Gasteiger partial charge in [-0.2, -0.15) is 5.26 Å². The zero-order valence-electron chi connectivity index (χ0n) is 18.4. The highest BCUT2D eigenvalue weighted by atomic mass is 32.2.